The van der Waals surface area contributed by atoms with Crippen LogP contribution in [0, 0.1) is 11.3 Å². The molecule has 0 aliphatic heterocycles. The first-order chi connectivity index (χ1) is 6.46. The van der Waals surface area contributed by atoms with Crippen molar-refractivity contribution in [1.82, 2.24) is 14.8 Å². The van der Waals surface area contributed by atoms with Gasteiger partial charge in [0.15, 0.2) is 4.73 Å². The molecule has 2 N–H and O–H groups in total. The Kier molecular flexibility index (Phi) is 2.29. The van der Waals surface area contributed by atoms with E-state index >= 15 is 0 Å². The molecule has 4 nitrogen and oxygen atoms in total. The van der Waals surface area contributed by atoms with Crippen LogP contribution in [0.1, 0.15) is 26.7 Å². The number of aromatic nitrogens is 3. The van der Waals surface area contributed by atoms with Gasteiger partial charge in [-0.15, -0.1) is 5.10 Å². The van der Waals surface area contributed by atoms with Gasteiger partial charge in [0.1, 0.15) is 0 Å². The lowest BCUT2D eigenvalue weighted by atomic mass is 9.64. The third-order valence-electron chi connectivity index (χ3n) is 2.76. The minimum absolute atomic E-state index is 0.343. The van der Waals surface area contributed by atoms with E-state index in [0.29, 0.717) is 11.4 Å². The van der Waals surface area contributed by atoms with E-state index in [-0.39, 0.29) is 0 Å². The summed E-state index contributed by atoms with van der Waals surface area (Å²) in [6, 6.07) is 0. The van der Waals surface area contributed by atoms with Crippen LogP contribution in [0.2, 0.25) is 0 Å². The van der Waals surface area contributed by atoms with Crippen LogP contribution in [0.15, 0.2) is 4.73 Å². The van der Waals surface area contributed by atoms with Crippen LogP contribution in [0.25, 0.3) is 0 Å². The van der Waals surface area contributed by atoms with Crippen LogP contribution < -0.4 is 5.73 Å². The highest BCUT2D eigenvalue weighted by molar-refractivity contribution is 9.10. The lowest BCUT2D eigenvalue weighted by molar-refractivity contribution is 0.0793. The molecular weight excluding hydrogens is 244 g/mol. The van der Waals surface area contributed by atoms with E-state index in [1.165, 1.54) is 12.8 Å². The van der Waals surface area contributed by atoms with E-state index in [1.54, 1.807) is 0 Å². The molecule has 2 rings (SSSR count). The van der Waals surface area contributed by atoms with Crippen LogP contribution in [0.4, 0.5) is 5.95 Å². The Morgan fingerprint density at radius 2 is 2.21 bits per heavy atom. The first kappa shape index (κ1) is 9.96. The van der Waals surface area contributed by atoms with Gasteiger partial charge in [-0.25, -0.2) is 4.68 Å². The summed E-state index contributed by atoms with van der Waals surface area (Å²) in [4.78, 5) is 4.01. The van der Waals surface area contributed by atoms with E-state index in [1.807, 2.05) is 4.68 Å². The fourth-order valence-electron chi connectivity index (χ4n) is 2.33. The van der Waals surface area contributed by atoms with E-state index in [2.05, 4.69) is 39.9 Å². The molecule has 78 valence electrons. The molecule has 1 aromatic rings. The van der Waals surface area contributed by atoms with Gasteiger partial charge in [0.2, 0.25) is 5.95 Å². The molecule has 1 aliphatic rings. The molecule has 0 bridgehead atoms. The molecule has 5 heteroatoms. The molecule has 1 saturated carbocycles. The van der Waals surface area contributed by atoms with E-state index < -0.39 is 0 Å². The topological polar surface area (TPSA) is 56.7 Å². The molecule has 0 radical (unpaired) electrons. The molecule has 0 aromatic carbocycles. The van der Waals surface area contributed by atoms with Crippen molar-refractivity contribution in [3.63, 3.8) is 0 Å². The summed E-state index contributed by atoms with van der Waals surface area (Å²) in [6.07, 6.45) is 2.53. The molecule has 1 aromatic heterocycles. The monoisotopic (exact) mass is 258 g/mol. The first-order valence-corrected chi connectivity index (χ1v) is 5.61. The molecule has 1 aliphatic carbocycles. The number of hydrogen-bond acceptors (Lipinski definition) is 3. The third kappa shape index (κ3) is 1.92. The van der Waals surface area contributed by atoms with E-state index in [9.17, 15) is 0 Å². The van der Waals surface area contributed by atoms with Crippen molar-refractivity contribution in [1.29, 1.82) is 0 Å². The standard InChI is InChI=1S/C9H15BrN4/c1-9(2)3-6(4-9)5-14-7(10)12-8(11)13-14/h6H,3-5H2,1-2H3,(H2,11,13). The second-order valence-corrected chi connectivity index (χ2v) is 5.57. The van der Waals surface area contributed by atoms with Crippen molar-refractivity contribution in [2.24, 2.45) is 11.3 Å². The number of anilines is 1. The number of rotatable bonds is 2. The van der Waals surface area contributed by atoms with Gasteiger partial charge >= 0.3 is 0 Å². The average molecular weight is 259 g/mol. The van der Waals surface area contributed by atoms with Gasteiger partial charge in [-0.3, -0.25) is 0 Å². The minimum atomic E-state index is 0.343. The number of nitrogen functional groups attached to an aromatic ring is 1. The van der Waals surface area contributed by atoms with Crippen molar-refractivity contribution in [3.05, 3.63) is 4.73 Å². The Hall–Kier alpha value is -0.580. The zero-order valence-electron chi connectivity index (χ0n) is 8.50. The third-order valence-corrected chi connectivity index (χ3v) is 3.34. The molecule has 0 amide bonds. The summed E-state index contributed by atoms with van der Waals surface area (Å²) in [6.45, 7) is 5.52. The highest BCUT2D eigenvalue weighted by Crippen LogP contribution is 2.45. The maximum atomic E-state index is 5.49. The first-order valence-electron chi connectivity index (χ1n) is 4.82. The maximum absolute atomic E-state index is 5.49. The quantitative estimate of drug-likeness (QED) is 0.884. The fourth-order valence-corrected chi connectivity index (χ4v) is 2.74. The summed E-state index contributed by atoms with van der Waals surface area (Å²) >= 11 is 3.34. The van der Waals surface area contributed by atoms with Gasteiger partial charge in [0.25, 0.3) is 0 Å². The molecule has 0 spiro atoms. The van der Waals surface area contributed by atoms with Crippen molar-refractivity contribution >= 4 is 21.9 Å². The number of nitrogens with zero attached hydrogens (tertiary/aromatic N) is 3. The SMILES string of the molecule is CC1(C)CC(Cn2nc(N)nc2Br)C1. The Morgan fingerprint density at radius 1 is 1.57 bits per heavy atom. The summed E-state index contributed by atoms with van der Waals surface area (Å²) in [5, 5.41) is 4.12. The average Bonchev–Trinajstić information content (AvgIpc) is 2.26. The van der Waals surface area contributed by atoms with Crippen LogP contribution in [-0.2, 0) is 6.54 Å². The molecule has 1 fully saturated rings. The smallest absolute Gasteiger partial charge is 0.240 e. The highest BCUT2D eigenvalue weighted by atomic mass is 79.9. The number of nitrogens with two attached hydrogens (primary N) is 1. The molecule has 14 heavy (non-hydrogen) atoms. The van der Waals surface area contributed by atoms with E-state index in [0.717, 1.165) is 17.2 Å². The van der Waals surface area contributed by atoms with Crippen LogP contribution in [-0.4, -0.2) is 14.8 Å². The zero-order chi connectivity index (χ0) is 10.3. The molecule has 0 unspecified atom stereocenters. The molecule has 0 saturated heterocycles. The summed E-state index contributed by atoms with van der Waals surface area (Å²) < 4.78 is 2.58. The van der Waals surface area contributed by atoms with Gasteiger partial charge in [-0.1, -0.05) is 13.8 Å². The highest BCUT2D eigenvalue weighted by Gasteiger charge is 2.36. The summed E-state index contributed by atoms with van der Waals surface area (Å²) in [5.74, 6) is 1.07. The summed E-state index contributed by atoms with van der Waals surface area (Å²) in [7, 11) is 0. The maximum Gasteiger partial charge on any atom is 0.240 e. The number of hydrogen-bond donors (Lipinski definition) is 1. The van der Waals surface area contributed by atoms with Crippen LogP contribution >= 0.6 is 15.9 Å². The van der Waals surface area contributed by atoms with Crippen LogP contribution in [0.5, 0.6) is 0 Å². The van der Waals surface area contributed by atoms with Gasteiger partial charge in [-0.2, -0.15) is 4.98 Å². The van der Waals surface area contributed by atoms with Crippen molar-refractivity contribution < 1.29 is 0 Å². The van der Waals surface area contributed by atoms with Gasteiger partial charge in [0, 0.05) is 6.54 Å². The normalized spacial score (nSPS) is 20.8. The predicted octanol–water partition coefficient (Wildman–Crippen LogP) is 2.06. The Bertz CT molecular complexity index is 337. The van der Waals surface area contributed by atoms with Crippen LogP contribution in [0.3, 0.4) is 0 Å². The van der Waals surface area contributed by atoms with Gasteiger partial charge < -0.3 is 5.73 Å². The van der Waals surface area contributed by atoms with Crippen molar-refractivity contribution in [2.75, 3.05) is 5.73 Å². The molecular formula is C9H15BrN4. The lowest BCUT2D eigenvalue weighted by Gasteiger charge is -2.42. The van der Waals surface area contributed by atoms with Crippen molar-refractivity contribution in [3.8, 4) is 0 Å². The van der Waals surface area contributed by atoms with Crippen molar-refractivity contribution in [2.45, 2.75) is 33.2 Å². The Morgan fingerprint density at radius 3 is 2.64 bits per heavy atom. The predicted molar refractivity (Wildman–Crippen MR) is 58.6 cm³/mol. The largest absolute Gasteiger partial charge is 0.366 e. The molecule has 0 atom stereocenters. The molecule has 1 heterocycles. The second-order valence-electron chi connectivity index (χ2n) is 4.86. The Labute approximate surface area is 92.0 Å². The van der Waals surface area contributed by atoms with Gasteiger partial charge in [0.05, 0.1) is 0 Å². The lowest BCUT2D eigenvalue weighted by Crippen LogP contribution is -2.34. The second kappa shape index (κ2) is 3.22. The zero-order valence-corrected chi connectivity index (χ0v) is 10.1. The summed E-state index contributed by atoms with van der Waals surface area (Å²) in [5.41, 5.74) is 6.01. The fraction of sp³-hybridized carbons (Fsp3) is 0.778. The van der Waals surface area contributed by atoms with Gasteiger partial charge in [-0.05, 0) is 40.1 Å². The minimum Gasteiger partial charge on any atom is -0.366 e. The Balaban J connectivity index is 1.96. The number of halogens is 1. The van der Waals surface area contributed by atoms with E-state index in [4.69, 9.17) is 5.73 Å².